The normalized spacial score (nSPS) is 14.6. The number of sulfonamides is 1. The smallest absolute Gasteiger partial charge is 0.253 e. The Morgan fingerprint density at radius 3 is 2.29 bits per heavy atom. The van der Waals surface area contributed by atoms with Gasteiger partial charge in [-0.3, -0.25) is 9.69 Å². The fraction of sp³-hybridized carbons (Fsp3) is 0.320. The van der Waals surface area contributed by atoms with Crippen molar-refractivity contribution in [3.63, 3.8) is 0 Å². The lowest BCUT2D eigenvalue weighted by Gasteiger charge is -2.34. The van der Waals surface area contributed by atoms with Crippen LogP contribution in [-0.4, -0.2) is 70.6 Å². The van der Waals surface area contributed by atoms with Crippen LogP contribution in [0.3, 0.4) is 0 Å². The van der Waals surface area contributed by atoms with E-state index < -0.39 is 10.0 Å². The number of nitrogens with one attached hydrogen (secondary N) is 1. The summed E-state index contributed by atoms with van der Waals surface area (Å²) in [6, 6.07) is 16.9. The van der Waals surface area contributed by atoms with Crippen LogP contribution in [0.4, 0.5) is 0 Å². The Morgan fingerprint density at radius 2 is 1.66 bits per heavy atom. The molecule has 0 spiro atoms. The van der Waals surface area contributed by atoms with E-state index >= 15 is 0 Å². The largest absolute Gasteiger partial charge is 0.497 e. The van der Waals surface area contributed by atoms with Crippen molar-refractivity contribution in [1.82, 2.24) is 14.5 Å². The molecule has 4 rings (SSSR count). The minimum absolute atomic E-state index is 0.0609. The van der Waals surface area contributed by atoms with Gasteiger partial charge in [-0.05, 0) is 60.7 Å². The number of carbonyl (C=O) groups is 1. The van der Waals surface area contributed by atoms with Crippen LogP contribution in [0, 0.1) is 0 Å². The molecule has 0 radical (unpaired) electrons. The van der Waals surface area contributed by atoms with Crippen LogP contribution >= 0.6 is 0 Å². The lowest BCUT2D eigenvalue weighted by Crippen LogP contribution is -2.49. The van der Waals surface area contributed by atoms with Crippen LogP contribution in [0.15, 0.2) is 76.2 Å². The quantitative estimate of drug-likeness (QED) is 0.458. The van der Waals surface area contributed by atoms with Gasteiger partial charge in [-0.2, -0.15) is 0 Å². The van der Waals surface area contributed by atoms with Crippen LogP contribution < -0.4 is 14.2 Å². The molecule has 0 atom stereocenters. The highest BCUT2D eigenvalue weighted by Gasteiger charge is 2.23. The summed E-state index contributed by atoms with van der Waals surface area (Å²) in [6.45, 7) is 4.10. The minimum atomic E-state index is -3.70. The summed E-state index contributed by atoms with van der Waals surface area (Å²) in [7, 11) is -2.08. The molecule has 1 aliphatic rings. The van der Waals surface area contributed by atoms with E-state index in [0.29, 0.717) is 31.0 Å². The summed E-state index contributed by atoms with van der Waals surface area (Å²) in [5, 5.41) is 0. The van der Waals surface area contributed by atoms with Crippen molar-refractivity contribution in [3.05, 3.63) is 78.3 Å². The third kappa shape index (κ3) is 6.62. The monoisotopic (exact) mass is 499 g/mol. The Hall–Kier alpha value is -3.34. The zero-order chi connectivity index (χ0) is 24.7. The Morgan fingerprint density at radius 1 is 0.971 bits per heavy atom. The molecule has 10 heteroatoms. The number of ether oxygens (including phenoxy) is 2. The molecular weight excluding hydrogens is 470 g/mol. The first-order chi connectivity index (χ1) is 16.9. The molecular formula is C25H29N3O6S. The summed E-state index contributed by atoms with van der Waals surface area (Å²) in [5.41, 5.74) is 0.464. The molecule has 3 aromatic rings. The first-order valence-corrected chi connectivity index (χ1v) is 12.8. The molecule has 1 aromatic heterocycles. The highest BCUT2D eigenvalue weighted by atomic mass is 32.2. The number of piperazine rings is 1. The van der Waals surface area contributed by atoms with Gasteiger partial charge in [0, 0.05) is 38.3 Å². The zero-order valence-electron chi connectivity index (χ0n) is 19.6. The molecule has 1 fully saturated rings. The van der Waals surface area contributed by atoms with E-state index in [4.69, 9.17) is 13.9 Å². The van der Waals surface area contributed by atoms with Gasteiger partial charge >= 0.3 is 0 Å². The van der Waals surface area contributed by atoms with E-state index in [1.807, 2.05) is 24.3 Å². The molecule has 2 aromatic carbocycles. The molecule has 35 heavy (non-hydrogen) atoms. The van der Waals surface area contributed by atoms with Gasteiger partial charge < -0.3 is 18.8 Å². The van der Waals surface area contributed by atoms with Gasteiger partial charge in [0.2, 0.25) is 10.0 Å². The molecule has 1 saturated heterocycles. The summed E-state index contributed by atoms with van der Waals surface area (Å²) in [5.74, 6) is 2.00. The molecule has 186 valence electrons. The third-order valence-corrected chi connectivity index (χ3v) is 7.24. The minimum Gasteiger partial charge on any atom is -0.497 e. The maximum absolute atomic E-state index is 12.9. The van der Waals surface area contributed by atoms with Gasteiger partial charge in [-0.15, -0.1) is 0 Å². The lowest BCUT2D eigenvalue weighted by molar-refractivity contribution is 0.0620. The molecule has 9 nitrogen and oxygen atoms in total. The SMILES string of the molecule is COc1ccc(OCCN2CCN(C(=O)c3ccc(S(=O)(=O)NCc4ccco4)cc3)CC2)cc1. The third-order valence-electron chi connectivity index (χ3n) is 5.82. The van der Waals surface area contributed by atoms with Crippen LogP contribution in [-0.2, 0) is 16.6 Å². The molecule has 0 unspecified atom stereocenters. The van der Waals surface area contributed by atoms with Gasteiger partial charge in [0.25, 0.3) is 5.91 Å². The summed E-state index contributed by atoms with van der Waals surface area (Å²) >= 11 is 0. The van der Waals surface area contributed by atoms with Gasteiger partial charge in [0.05, 0.1) is 24.8 Å². The number of amides is 1. The molecule has 1 aliphatic heterocycles. The molecule has 0 saturated carbocycles. The number of rotatable bonds is 10. The standard InChI is InChI=1S/C25H29N3O6S/c1-32-21-6-8-22(9-7-21)34-18-16-27-12-14-28(15-13-27)25(29)20-4-10-24(11-5-20)35(30,31)26-19-23-3-2-17-33-23/h2-11,17,26H,12-16,18-19H2,1H3. The van der Waals surface area contributed by atoms with E-state index in [-0.39, 0.29) is 17.3 Å². The Labute approximate surface area is 205 Å². The Kier molecular flexibility index (Phi) is 8.06. The van der Waals surface area contributed by atoms with Crippen molar-refractivity contribution >= 4 is 15.9 Å². The highest BCUT2D eigenvalue weighted by molar-refractivity contribution is 7.89. The predicted octanol–water partition coefficient (Wildman–Crippen LogP) is 2.60. The van der Waals surface area contributed by atoms with Crippen LogP contribution in [0.25, 0.3) is 0 Å². The van der Waals surface area contributed by atoms with Crippen molar-refractivity contribution < 1.29 is 27.1 Å². The number of hydrogen-bond acceptors (Lipinski definition) is 7. The summed E-state index contributed by atoms with van der Waals surface area (Å²) in [6.07, 6.45) is 1.49. The molecule has 0 bridgehead atoms. The average Bonchev–Trinajstić information content (AvgIpc) is 3.42. The van der Waals surface area contributed by atoms with Crippen molar-refractivity contribution in [1.29, 1.82) is 0 Å². The topological polar surface area (TPSA) is 101 Å². The van der Waals surface area contributed by atoms with Crippen molar-refractivity contribution in [2.24, 2.45) is 0 Å². The van der Waals surface area contributed by atoms with Crippen molar-refractivity contribution in [2.75, 3.05) is 46.4 Å². The van der Waals surface area contributed by atoms with Crippen LogP contribution in [0.5, 0.6) is 11.5 Å². The highest BCUT2D eigenvalue weighted by Crippen LogP contribution is 2.17. The van der Waals surface area contributed by atoms with E-state index in [2.05, 4.69) is 9.62 Å². The molecule has 0 aliphatic carbocycles. The van der Waals surface area contributed by atoms with Gasteiger partial charge in [-0.25, -0.2) is 13.1 Å². The summed E-state index contributed by atoms with van der Waals surface area (Å²) in [4.78, 5) is 17.0. The van der Waals surface area contributed by atoms with Crippen molar-refractivity contribution in [2.45, 2.75) is 11.4 Å². The van der Waals surface area contributed by atoms with E-state index in [0.717, 1.165) is 31.1 Å². The Balaban J connectivity index is 1.22. The van der Waals surface area contributed by atoms with E-state index in [9.17, 15) is 13.2 Å². The van der Waals surface area contributed by atoms with Crippen LogP contribution in [0.2, 0.25) is 0 Å². The predicted molar refractivity (Wildman–Crippen MR) is 130 cm³/mol. The van der Waals surface area contributed by atoms with Crippen molar-refractivity contribution in [3.8, 4) is 11.5 Å². The Bertz CT molecular complexity index is 1190. The van der Waals surface area contributed by atoms with Crippen LogP contribution in [0.1, 0.15) is 16.1 Å². The number of methoxy groups -OCH3 is 1. The second kappa shape index (κ2) is 11.4. The maximum Gasteiger partial charge on any atom is 0.253 e. The lowest BCUT2D eigenvalue weighted by atomic mass is 10.2. The average molecular weight is 500 g/mol. The second-order valence-corrected chi connectivity index (χ2v) is 9.85. The number of furan rings is 1. The molecule has 1 amide bonds. The summed E-state index contributed by atoms with van der Waals surface area (Å²) < 4.78 is 43.5. The maximum atomic E-state index is 12.9. The number of nitrogens with zero attached hydrogens (tertiary/aromatic N) is 2. The van der Waals surface area contributed by atoms with E-state index in [1.165, 1.54) is 18.4 Å². The zero-order valence-corrected chi connectivity index (χ0v) is 20.4. The van der Waals surface area contributed by atoms with Gasteiger partial charge in [-0.1, -0.05) is 0 Å². The van der Waals surface area contributed by atoms with E-state index in [1.54, 1.807) is 36.3 Å². The molecule has 1 N–H and O–H groups in total. The first kappa shape index (κ1) is 24.8. The second-order valence-electron chi connectivity index (χ2n) is 8.09. The number of carbonyl (C=O) groups excluding carboxylic acids is 1. The fourth-order valence-electron chi connectivity index (χ4n) is 3.76. The number of hydrogen-bond donors (Lipinski definition) is 1. The first-order valence-electron chi connectivity index (χ1n) is 11.4. The number of benzene rings is 2. The van der Waals surface area contributed by atoms with Gasteiger partial charge in [0.15, 0.2) is 0 Å². The van der Waals surface area contributed by atoms with Gasteiger partial charge in [0.1, 0.15) is 23.9 Å². The fourth-order valence-corrected chi connectivity index (χ4v) is 4.75. The molecule has 2 heterocycles.